The molecule has 1 amide bonds. The number of benzene rings is 1. The molecule has 2 unspecified atom stereocenters. The molecule has 6 heteroatoms. The van der Waals surface area contributed by atoms with Crippen LogP contribution in [0.2, 0.25) is 0 Å². The summed E-state index contributed by atoms with van der Waals surface area (Å²) in [5.74, 6) is -1.17. The van der Waals surface area contributed by atoms with Crippen LogP contribution in [0.25, 0.3) is 10.9 Å². The number of carboxylic acids is 1. The first-order valence-corrected chi connectivity index (χ1v) is 7.45. The van der Waals surface area contributed by atoms with Crippen molar-refractivity contribution < 1.29 is 14.7 Å². The predicted octanol–water partition coefficient (Wildman–Crippen LogP) is 1.61. The van der Waals surface area contributed by atoms with Crippen LogP contribution < -0.4 is 0 Å². The van der Waals surface area contributed by atoms with E-state index in [1.165, 1.54) is 0 Å². The van der Waals surface area contributed by atoms with Gasteiger partial charge in [0.1, 0.15) is 6.54 Å². The molecule has 1 saturated heterocycles. The molecule has 0 radical (unpaired) electrons. The Kier molecular flexibility index (Phi) is 3.83. The van der Waals surface area contributed by atoms with Gasteiger partial charge in [-0.1, -0.05) is 25.1 Å². The van der Waals surface area contributed by atoms with Gasteiger partial charge in [-0.2, -0.15) is 5.10 Å². The average molecular weight is 301 g/mol. The fourth-order valence-corrected chi connectivity index (χ4v) is 3.11. The van der Waals surface area contributed by atoms with Crippen molar-refractivity contribution in [1.29, 1.82) is 0 Å². The number of fused-ring (bicyclic) bond motifs is 1. The van der Waals surface area contributed by atoms with Crippen LogP contribution in [0.1, 0.15) is 13.3 Å². The van der Waals surface area contributed by atoms with Gasteiger partial charge < -0.3 is 10.0 Å². The Bertz CT molecular complexity index is 709. The Labute approximate surface area is 128 Å². The summed E-state index contributed by atoms with van der Waals surface area (Å²) in [5.41, 5.74) is 0.913. The van der Waals surface area contributed by atoms with Crippen LogP contribution in [-0.4, -0.2) is 44.8 Å². The van der Waals surface area contributed by atoms with Crippen LogP contribution in [0.3, 0.4) is 0 Å². The van der Waals surface area contributed by atoms with Crippen molar-refractivity contribution in [2.45, 2.75) is 19.9 Å². The molecule has 1 fully saturated rings. The molecule has 0 bridgehead atoms. The largest absolute Gasteiger partial charge is 0.481 e. The molecule has 0 spiro atoms. The molecule has 6 nitrogen and oxygen atoms in total. The van der Waals surface area contributed by atoms with Gasteiger partial charge in [0.25, 0.3) is 0 Å². The summed E-state index contributed by atoms with van der Waals surface area (Å²) in [4.78, 5) is 25.4. The van der Waals surface area contributed by atoms with E-state index in [1.807, 2.05) is 31.2 Å². The van der Waals surface area contributed by atoms with Crippen molar-refractivity contribution in [3.8, 4) is 0 Å². The highest BCUT2D eigenvalue weighted by atomic mass is 16.4. The van der Waals surface area contributed by atoms with E-state index in [1.54, 1.807) is 15.8 Å². The average Bonchev–Trinajstić information content (AvgIpc) is 2.90. The van der Waals surface area contributed by atoms with Crippen molar-refractivity contribution in [2.75, 3.05) is 13.1 Å². The van der Waals surface area contributed by atoms with E-state index in [9.17, 15) is 14.7 Å². The van der Waals surface area contributed by atoms with Crippen molar-refractivity contribution in [2.24, 2.45) is 11.8 Å². The van der Waals surface area contributed by atoms with Crippen LogP contribution in [0, 0.1) is 11.8 Å². The number of nitrogens with zero attached hydrogens (tertiary/aromatic N) is 3. The third-order valence-corrected chi connectivity index (χ3v) is 4.20. The third kappa shape index (κ3) is 2.81. The minimum Gasteiger partial charge on any atom is -0.481 e. The molecule has 1 aromatic heterocycles. The van der Waals surface area contributed by atoms with E-state index in [0.717, 1.165) is 10.9 Å². The van der Waals surface area contributed by atoms with E-state index in [0.29, 0.717) is 13.0 Å². The van der Waals surface area contributed by atoms with E-state index < -0.39 is 11.9 Å². The number of aliphatic carboxylic acids is 1. The minimum absolute atomic E-state index is 0.0772. The van der Waals surface area contributed by atoms with E-state index in [2.05, 4.69) is 5.10 Å². The molecule has 0 aliphatic carbocycles. The highest BCUT2D eigenvalue weighted by molar-refractivity contribution is 5.82. The lowest BCUT2D eigenvalue weighted by atomic mass is 9.90. The molecule has 1 aliphatic heterocycles. The molecule has 2 aromatic rings. The van der Waals surface area contributed by atoms with E-state index in [-0.39, 0.29) is 24.9 Å². The fraction of sp³-hybridized carbons (Fsp3) is 0.438. The van der Waals surface area contributed by atoms with Crippen molar-refractivity contribution in [1.82, 2.24) is 14.7 Å². The number of rotatable bonds is 3. The van der Waals surface area contributed by atoms with Gasteiger partial charge in [-0.3, -0.25) is 14.3 Å². The number of hydrogen-bond donors (Lipinski definition) is 1. The number of carboxylic acid groups (broad SMARTS) is 1. The molecule has 2 atom stereocenters. The van der Waals surface area contributed by atoms with Gasteiger partial charge in [0, 0.05) is 18.5 Å². The Balaban J connectivity index is 1.75. The van der Waals surface area contributed by atoms with Gasteiger partial charge in [0.2, 0.25) is 5.91 Å². The van der Waals surface area contributed by atoms with Gasteiger partial charge in [-0.25, -0.2) is 0 Å². The second kappa shape index (κ2) is 5.79. The molecular weight excluding hydrogens is 282 g/mol. The third-order valence-electron chi connectivity index (χ3n) is 4.20. The fourth-order valence-electron chi connectivity index (χ4n) is 3.11. The Morgan fingerprint density at radius 3 is 2.86 bits per heavy atom. The number of para-hydroxylation sites is 1. The Hall–Kier alpha value is -2.37. The quantitative estimate of drug-likeness (QED) is 0.934. The Morgan fingerprint density at radius 1 is 1.32 bits per heavy atom. The first kappa shape index (κ1) is 14.6. The zero-order valence-corrected chi connectivity index (χ0v) is 12.5. The number of piperidine rings is 1. The van der Waals surface area contributed by atoms with Crippen LogP contribution >= 0.6 is 0 Å². The van der Waals surface area contributed by atoms with Crippen molar-refractivity contribution >= 4 is 22.8 Å². The summed E-state index contributed by atoms with van der Waals surface area (Å²) in [5, 5.41) is 14.4. The predicted molar refractivity (Wildman–Crippen MR) is 81.2 cm³/mol. The maximum atomic E-state index is 12.5. The van der Waals surface area contributed by atoms with Gasteiger partial charge >= 0.3 is 5.97 Å². The van der Waals surface area contributed by atoms with Gasteiger partial charge in [0.15, 0.2) is 0 Å². The topological polar surface area (TPSA) is 75.4 Å². The normalized spacial score (nSPS) is 22.0. The molecule has 1 aromatic carbocycles. The van der Waals surface area contributed by atoms with Gasteiger partial charge in [-0.05, 0) is 18.4 Å². The zero-order valence-electron chi connectivity index (χ0n) is 12.5. The number of likely N-dealkylation sites (tertiary alicyclic amines) is 1. The summed E-state index contributed by atoms with van der Waals surface area (Å²) >= 11 is 0. The second-order valence-electron chi connectivity index (χ2n) is 6.04. The van der Waals surface area contributed by atoms with Crippen LogP contribution in [0.4, 0.5) is 0 Å². The van der Waals surface area contributed by atoms with Crippen LogP contribution in [-0.2, 0) is 16.1 Å². The number of aromatic nitrogens is 2. The van der Waals surface area contributed by atoms with Crippen LogP contribution in [0.5, 0.6) is 0 Å². The lowest BCUT2D eigenvalue weighted by Gasteiger charge is -2.34. The lowest BCUT2D eigenvalue weighted by Crippen LogP contribution is -2.46. The number of carbonyl (C=O) groups excluding carboxylic acids is 1. The monoisotopic (exact) mass is 301 g/mol. The van der Waals surface area contributed by atoms with Crippen LogP contribution in [0.15, 0.2) is 30.5 Å². The molecular formula is C16H19N3O3. The zero-order chi connectivity index (χ0) is 15.7. The smallest absolute Gasteiger partial charge is 0.308 e. The highest BCUT2D eigenvalue weighted by Crippen LogP contribution is 2.22. The molecule has 22 heavy (non-hydrogen) atoms. The first-order chi connectivity index (χ1) is 10.5. The second-order valence-corrected chi connectivity index (χ2v) is 6.04. The molecule has 3 rings (SSSR count). The van der Waals surface area contributed by atoms with E-state index >= 15 is 0 Å². The van der Waals surface area contributed by atoms with Gasteiger partial charge in [0.05, 0.1) is 17.6 Å². The highest BCUT2D eigenvalue weighted by Gasteiger charge is 2.31. The number of carbonyl (C=O) groups is 2. The molecule has 0 saturated carbocycles. The molecule has 1 N–H and O–H groups in total. The maximum absolute atomic E-state index is 12.5. The molecule has 1 aliphatic rings. The summed E-state index contributed by atoms with van der Waals surface area (Å²) in [7, 11) is 0. The summed E-state index contributed by atoms with van der Waals surface area (Å²) in [6, 6.07) is 7.72. The summed E-state index contributed by atoms with van der Waals surface area (Å²) < 4.78 is 1.67. The lowest BCUT2D eigenvalue weighted by molar-refractivity contribution is -0.147. The van der Waals surface area contributed by atoms with Crippen molar-refractivity contribution in [3.05, 3.63) is 30.5 Å². The maximum Gasteiger partial charge on any atom is 0.308 e. The SMILES string of the molecule is CC1CC(C(=O)O)CN(C(=O)Cn2ncc3ccccc32)C1. The molecule has 116 valence electrons. The summed E-state index contributed by atoms with van der Waals surface area (Å²) in [6.07, 6.45) is 2.37. The van der Waals surface area contributed by atoms with E-state index in [4.69, 9.17) is 0 Å². The summed E-state index contributed by atoms with van der Waals surface area (Å²) in [6.45, 7) is 3.03. The standard InChI is InChI=1S/C16H19N3O3/c1-11-6-13(16(21)22)9-18(8-11)15(20)10-19-14-5-3-2-4-12(14)7-17-19/h2-5,7,11,13H,6,8-10H2,1H3,(H,21,22). The number of hydrogen-bond acceptors (Lipinski definition) is 3. The van der Waals surface area contributed by atoms with Crippen molar-refractivity contribution in [3.63, 3.8) is 0 Å². The van der Waals surface area contributed by atoms with Gasteiger partial charge in [-0.15, -0.1) is 0 Å². The Morgan fingerprint density at radius 2 is 2.09 bits per heavy atom. The first-order valence-electron chi connectivity index (χ1n) is 7.45. The minimum atomic E-state index is -0.825. The number of amides is 1. The molecule has 2 heterocycles.